The number of carbonyl (C=O) groups is 2. The van der Waals surface area contributed by atoms with Crippen molar-refractivity contribution in [1.29, 1.82) is 0 Å². The van der Waals surface area contributed by atoms with Gasteiger partial charge in [-0.05, 0) is 55.9 Å². The first-order chi connectivity index (χ1) is 14.2. The highest BCUT2D eigenvalue weighted by molar-refractivity contribution is 5.94. The fourth-order valence-electron chi connectivity index (χ4n) is 4.15. The quantitative estimate of drug-likeness (QED) is 0.753. The van der Waals surface area contributed by atoms with Crippen LogP contribution in [-0.4, -0.2) is 80.3 Å². The number of amides is 2. The van der Waals surface area contributed by atoms with Crippen molar-refractivity contribution in [1.82, 2.24) is 9.80 Å². The monoisotopic (exact) mass is 402 g/mol. The minimum absolute atomic E-state index is 0.0446. The highest BCUT2D eigenvalue weighted by Crippen LogP contribution is 2.23. The van der Waals surface area contributed by atoms with Crippen molar-refractivity contribution in [2.24, 2.45) is 5.92 Å². The van der Waals surface area contributed by atoms with E-state index in [0.29, 0.717) is 51.0 Å². The molecule has 1 atom stereocenters. The molecule has 158 valence electrons. The van der Waals surface area contributed by atoms with E-state index in [1.54, 1.807) is 0 Å². The van der Waals surface area contributed by atoms with E-state index >= 15 is 0 Å². The Balaban J connectivity index is 1.20. The molecule has 0 spiro atoms. The van der Waals surface area contributed by atoms with Crippen LogP contribution in [0.3, 0.4) is 0 Å². The Labute approximate surface area is 171 Å². The van der Waals surface area contributed by atoms with E-state index in [4.69, 9.17) is 14.2 Å². The number of ether oxygens (including phenoxy) is 3. The molecule has 1 aromatic rings. The summed E-state index contributed by atoms with van der Waals surface area (Å²) in [5.41, 5.74) is 0.681. The van der Waals surface area contributed by atoms with E-state index < -0.39 is 0 Å². The molecule has 7 nitrogen and oxygen atoms in total. The molecule has 0 aromatic heterocycles. The first-order valence-corrected chi connectivity index (χ1v) is 10.7. The zero-order chi connectivity index (χ0) is 20.1. The van der Waals surface area contributed by atoms with Gasteiger partial charge in [0.05, 0.1) is 19.8 Å². The highest BCUT2D eigenvalue weighted by atomic mass is 16.5. The lowest BCUT2D eigenvalue weighted by molar-refractivity contribution is -0.142. The van der Waals surface area contributed by atoms with Crippen molar-refractivity contribution in [2.45, 2.75) is 31.8 Å². The zero-order valence-electron chi connectivity index (χ0n) is 16.9. The number of rotatable bonds is 5. The standard InChI is InChI=1S/C22H30N2O5/c25-21(24-11-14-27-15-12-24)18-3-5-19(6-4-18)29-16-17-7-9-23(10-8-17)22(26)20-2-1-13-28-20/h3-6,17,20H,1-2,7-16H2/t20-/m0/s1. The minimum Gasteiger partial charge on any atom is -0.493 e. The summed E-state index contributed by atoms with van der Waals surface area (Å²) in [6.45, 7) is 5.39. The van der Waals surface area contributed by atoms with Crippen molar-refractivity contribution in [3.63, 3.8) is 0 Å². The van der Waals surface area contributed by atoms with Gasteiger partial charge in [-0.2, -0.15) is 0 Å². The number of morpholine rings is 1. The lowest BCUT2D eigenvalue weighted by Gasteiger charge is -2.33. The normalized spacial score (nSPS) is 23.2. The topological polar surface area (TPSA) is 68.3 Å². The molecule has 3 aliphatic heterocycles. The van der Waals surface area contributed by atoms with Crippen LogP contribution in [0.4, 0.5) is 0 Å². The van der Waals surface area contributed by atoms with Crippen molar-refractivity contribution >= 4 is 11.8 Å². The third-order valence-electron chi connectivity index (χ3n) is 6.02. The Kier molecular flexibility index (Phi) is 6.67. The Morgan fingerprint density at radius 3 is 2.31 bits per heavy atom. The van der Waals surface area contributed by atoms with E-state index in [1.807, 2.05) is 34.1 Å². The number of nitrogens with zero attached hydrogens (tertiary/aromatic N) is 2. The molecule has 7 heteroatoms. The van der Waals surface area contributed by atoms with Crippen LogP contribution in [0.25, 0.3) is 0 Å². The highest BCUT2D eigenvalue weighted by Gasteiger charge is 2.31. The molecule has 3 fully saturated rings. The molecule has 0 unspecified atom stereocenters. The first kappa shape index (κ1) is 20.2. The number of benzene rings is 1. The van der Waals surface area contributed by atoms with E-state index in [0.717, 1.165) is 44.5 Å². The first-order valence-electron chi connectivity index (χ1n) is 10.7. The Morgan fingerprint density at radius 2 is 1.66 bits per heavy atom. The summed E-state index contributed by atoms with van der Waals surface area (Å²) in [6.07, 6.45) is 3.52. The SMILES string of the molecule is O=C(c1ccc(OCC2CCN(C(=O)[C@@H]3CCCO3)CC2)cc1)N1CCOCC1. The third kappa shape index (κ3) is 5.08. The largest absolute Gasteiger partial charge is 0.493 e. The van der Waals surface area contributed by atoms with Crippen LogP contribution in [0.1, 0.15) is 36.0 Å². The molecule has 0 saturated carbocycles. The summed E-state index contributed by atoms with van der Waals surface area (Å²) >= 11 is 0. The lowest BCUT2D eigenvalue weighted by atomic mass is 9.97. The van der Waals surface area contributed by atoms with Crippen LogP contribution < -0.4 is 4.74 Å². The predicted molar refractivity (Wildman–Crippen MR) is 107 cm³/mol. The Morgan fingerprint density at radius 1 is 0.931 bits per heavy atom. The fourth-order valence-corrected chi connectivity index (χ4v) is 4.15. The molecule has 0 bridgehead atoms. The zero-order valence-corrected chi connectivity index (χ0v) is 16.9. The van der Waals surface area contributed by atoms with E-state index in [-0.39, 0.29) is 17.9 Å². The number of carbonyl (C=O) groups excluding carboxylic acids is 2. The molecule has 3 heterocycles. The van der Waals surface area contributed by atoms with Crippen molar-refractivity contribution < 1.29 is 23.8 Å². The number of piperidine rings is 1. The predicted octanol–water partition coefficient (Wildman–Crippen LogP) is 1.96. The van der Waals surface area contributed by atoms with Crippen molar-refractivity contribution in [3.05, 3.63) is 29.8 Å². The molecule has 0 radical (unpaired) electrons. The van der Waals surface area contributed by atoms with Crippen LogP contribution in [0.15, 0.2) is 24.3 Å². The smallest absolute Gasteiger partial charge is 0.254 e. The van der Waals surface area contributed by atoms with Gasteiger partial charge in [0.2, 0.25) is 0 Å². The van der Waals surface area contributed by atoms with E-state index in [2.05, 4.69) is 0 Å². The summed E-state index contributed by atoms with van der Waals surface area (Å²) in [5.74, 6) is 1.42. The molecular weight excluding hydrogens is 372 g/mol. The molecule has 0 aliphatic carbocycles. The molecule has 29 heavy (non-hydrogen) atoms. The average molecular weight is 402 g/mol. The van der Waals surface area contributed by atoms with Gasteiger partial charge in [0, 0.05) is 38.3 Å². The maximum absolute atomic E-state index is 12.5. The van der Waals surface area contributed by atoms with E-state index in [1.165, 1.54) is 0 Å². The molecule has 2 amide bonds. The van der Waals surface area contributed by atoms with Gasteiger partial charge < -0.3 is 24.0 Å². The Hall–Kier alpha value is -2.12. The molecule has 3 saturated heterocycles. The lowest BCUT2D eigenvalue weighted by Crippen LogP contribution is -2.44. The summed E-state index contributed by atoms with van der Waals surface area (Å²) in [7, 11) is 0. The van der Waals surface area contributed by atoms with Gasteiger partial charge in [-0.15, -0.1) is 0 Å². The molecule has 4 rings (SSSR count). The van der Waals surface area contributed by atoms with Gasteiger partial charge >= 0.3 is 0 Å². The van der Waals surface area contributed by atoms with Gasteiger partial charge in [0.15, 0.2) is 0 Å². The minimum atomic E-state index is -0.221. The summed E-state index contributed by atoms with van der Waals surface area (Å²) in [5, 5.41) is 0. The van der Waals surface area contributed by atoms with Gasteiger partial charge in [-0.1, -0.05) is 0 Å². The van der Waals surface area contributed by atoms with Crippen molar-refractivity contribution in [2.75, 3.05) is 52.6 Å². The van der Waals surface area contributed by atoms with Gasteiger partial charge in [-0.25, -0.2) is 0 Å². The number of hydrogen-bond acceptors (Lipinski definition) is 5. The maximum atomic E-state index is 12.5. The Bertz CT molecular complexity index is 688. The fraction of sp³-hybridized carbons (Fsp3) is 0.636. The van der Waals surface area contributed by atoms with Crippen LogP contribution >= 0.6 is 0 Å². The molecule has 0 N–H and O–H groups in total. The second kappa shape index (κ2) is 9.59. The second-order valence-electron chi connectivity index (χ2n) is 8.01. The second-order valence-corrected chi connectivity index (χ2v) is 8.01. The van der Waals surface area contributed by atoms with Gasteiger partial charge in [0.1, 0.15) is 11.9 Å². The average Bonchev–Trinajstić information content (AvgIpc) is 3.33. The van der Waals surface area contributed by atoms with Gasteiger partial charge in [0.25, 0.3) is 11.8 Å². The molecular formula is C22H30N2O5. The summed E-state index contributed by atoms with van der Waals surface area (Å²) in [4.78, 5) is 28.7. The summed E-state index contributed by atoms with van der Waals surface area (Å²) in [6, 6.07) is 7.39. The van der Waals surface area contributed by atoms with Crippen LogP contribution in [-0.2, 0) is 14.3 Å². The number of likely N-dealkylation sites (tertiary alicyclic amines) is 1. The molecule has 3 aliphatic rings. The summed E-state index contributed by atoms with van der Waals surface area (Å²) < 4.78 is 16.8. The van der Waals surface area contributed by atoms with Crippen molar-refractivity contribution in [3.8, 4) is 5.75 Å². The maximum Gasteiger partial charge on any atom is 0.254 e. The number of hydrogen-bond donors (Lipinski definition) is 0. The van der Waals surface area contributed by atoms with E-state index in [9.17, 15) is 9.59 Å². The van der Waals surface area contributed by atoms with Crippen LogP contribution in [0.2, 0.25) is 0 Å². The van der Waals surface area contributed by atoms with Crippen LogP contribution in [0.5, 0.6) is 5.75 Å². The van der Waals surface area contributed by atoms with Crippen LogP contribution in [0, 0.1) is 5.92 Å². The van der Waals surface area contributed by atoms with Gasteiger partial charge in [-0.3, -0.25) is 9.59 Å². The third-order valence-corrected chi connectivity index (χ3v) is 6.02. The molecule has 1 aromatic carbocycles.